The van der Waals surface area contributed by atoms with E-state index < -0.39 is 0 Å². The molecule has 1 saturated heterocycles. The monoisotopic (exact) mass is 250 g/mol. The van der Waals surface area contributed by atoms with Gasteiger partial charge in [0.15, 0.2) is 0 Å². The van der Waals surface area contributed by atoms with Crippen molar-refractivity contribution in [3.8, 4) is 0 Å². The SMILES string of the molecule is C[C@H]1CNCCN1c1ncccn1.Cl.Cl. The molecule has 0 spiro atoms. The Bertz CT molecular complexity index is 270. The van der Waals surface area contributed by atoms with Gasteiger partial charge in [-0.1, -0.05) is 0 Å². The molecule has 1 N–H and O–H groups in total. The van der Waals surface area contributed by atoms with E-state index in [-0.39, 0.29) is 24.8 Å². The Kier molecular flexibility index (Phi) is 6.56. The van der Waals surface area contributed by atoms with Crippen molar-refractivity contribution in [1.29, 1.82) is 0 Å². The van der Waals surface area contributed by atoms with Crippen molar-refractivity contribution < 1.29 is 0 Å². The van der Waals surface area contributed by atoms with Crippen molar-refractivity contribution >= 4 is 30.8 Å². The fraction of sp³-hybridized carbons (Fsp3) is 0.556. The second-order valence-corrected chi connectivity index (χ2v) is 3.30. The van der Waals surface area contributed by atoms with Crippen LogP contribution in [-0.2, 0) is 0 Å². The van der Waals surface area contributed by atoms with Crippen LogP contribution in [0, 0.1) is 0 Å². The zero-order valence-corrected chi connectivity index (χ0v) is 10.2. The zero-order valence-electron chi connectivity index (χ0n) is 8.59. The average Bonchev–Trinajstić information content (AvgIpc) is 2.20. The van der Waals surface area contributed by atoms with Crippen LogP contribution in [0.4, 0.5) is 5.95 Å². The third kappa shape index (κ3) is 3.48. The number of hydrogen-bond acceptors (Lipinski definition) is 4. The first-order chi connectivity index (χ1) is 6.38. The summed E-state index contributed by atoms with van der Waals surface area (Å²) in [6.07, 6.45) is 3.58. The molecule has 2 rings (SSSR count). The number of hydrogen-bond donors (Lipinski definition) is 1. The van der Waals surface area contributed by atoms with Gasteiger partial charge in [-0.15, -0.1) is 24.8 Å². The van der Waals surface area contributed by atoms with Crippen LogP contribution < -0.4 is 10.2 Å². The highest BCUT2D eigenvalue weighted by Gasteiger charge is 2.19. The molecule has 0 aromatic carbocycles. The van der Waals surface area contributed by atoms with Gasteiger partial charge in [0.2, 0.25) is 5.95 Å². The molecule has 0 radical (unpaired) electrons. The molecule has 1 aromatic rings. The molecule has 1 aromatic heterocycles. The van der Waals surface area contributed by atoms with Crippen molar-refractivity contribution in [2.24, 2.45) is 0 Å². The Morgan fingerprint density at radius 3 is 2.60 bits per heavy atom. The van der Waals surface area contributed by atoms with E-state index in [0.29, 0.717) is 6.04 Å². The van der Waals surface area contributed by atoms with E-state index >= 15 is 0 Å². The molecule has 15 heavy (non-hydrogen) atoms. The Balaban J connectivity index is 0.000000980. The molecule has 1 aliphatic rings. The van der Waals surface area contributed by atoms with Crippen molar-refractivity contribution in [2.45, 2.75) is 13.0 Å². The normalized spacial score (nSPS) is 20.1. The van der Waals surface area contributed by atoms with E-state index in [0.717, 1.165) is 25.6 Å². The Hall–Kier alpha value is -0.580. The number of nitrogens with one attached hydrogen (secondary N) is 1. The average molecular weight is 251 g/mol. The molecule has 0 aliphatic carbocycles. The van der Waals surface area contributed by atoms with Crippen molar-refractivity contribution in [2.75, 3.05) is 24.5 Å². The number of piperazine rings is 1. The van der Waals surface area contributed by atoms with Gasteiger partial charge in [-0.2, -0.15) is 0 Å². The topological polar surface area (TPSA) is 41.0 Å². The summed E-state index contributed by atoms with van der Waals surface area (Å²) < 4.78 is 0. The first kappa shape index (κ1) is 14.4. The summed E-state index contributed by atoms with van der Waals surface area (Å²) >= 11 is 0. The van der Waals surface area contributed by atoms with Crippen LogP contribution in [0.1, 0.15) is 6.92 Å². The molecule has 0 unspecified atom stereocenters. The third-order valence-electron chi connectivity index (χ3n) is 2.31. The molecular weight excluding hydrogens is 235 g/mol. The lowest BCUT2D eigenvalue weighted by atomic mass is 10.2. The predicted octanol–water partition coefficient (Wildman–Crippen LogP) is 1.12. The molecule has 0 bridgehead atoms. The molecule has 1 atom stereocenters. The quantitative estimate of drug-likeness (QED) is 0.812. The van der Waals surface area contributed by atoms with Crippen LogP contribution in [0.15, 0.2) is 18.5 Å². The highest BCUT2D eigenvalue weighted by Crippen LogP contribution is 2.10. The molecule has 0 saturated carbocycles. The highest BCUT2D eigenvalue weighted by atomic mass is 35.5. The van der Waals surface area contributed by atoms with Crippen LogP contribution in [0.5, 0.6) is 0 Å². The zero-order chi connectivity index (χ0) is 9.10. The second-order valence-electron chi connectivity index (χ2n) is 3.30. The number of rotatable bonds is 1. The van der Waals surface area contributed by atoms with E-state index in [1.165, 1.54) is 0 Å². The summed E-state index contributed by atoms with van der Waals surface area (Å²) in [7, 11) is 0. The smallest absolute Gasteiger partial charge is 0.225 e. The van der Waals surface area contributed by atoms with Gasteiger partial charge in [-0.3, -0.25) is 0 Å². The molecule has 1 fully saturated rings. The standard InChI is InChI=1S/C9H14N4.2ClH/c1-8-7-10-5-6-13(8)9-11-3-2-4-12-9;;/h2-4,8,10H,5-7H2,1H3;2*1H/t8-;;/m0../s1. The van der Waals surface area contributed by atoms with Crippen LogP contribution >= 0.6 is 24.8 Å². The maximum absolute atomic E-state index is 4.24. The summed E-state index contributed by atoms with van der Waals surface area (Å²) in [5, 5.41) is 3.34. The highest BCUT2D eigenvalue weighted by molar-refractivity contribution is 5.85. The molecular formula is C9H16Cl2N4. The summed E-state index contributed by atoms with van der Waals surface area (Å²) in [5.41, 5.74) is 0. The van der Waals surface area contributed by atoms with Crippen LogP contribution in [-0.4, -0.2) is 35.6 Å². The summed E-state index contributed by atoms with van der Waals surface area (Å²) in [6, 6.07) is 2.33. The minimum atomic E-state index is 0. The minimum Gasteiger partial charge on any atom is -0.336 e. The van der Waals surface area contributed by atoms with Gasteiger partial charge in [0.1, 0.15) is 0 Å². The molecule has 86 valence electrons. The third-order valence-corrected chi connectivity index (χ3v) is 2.31. The van der Waals surface area contributed by atoms with E-state index in [9.17, 15) is 0 Å². The van der Waals surface area contributed by atoms with Crippen LogP contribution in [0.25, 0.3) is 0 Å². The maximum atomic E-state index is 4.24. The number of nitrogens with zero attached hydrogens (tertiary/aromatic N) is 3. The van der Waals surface area contributed by atoms with E-state index in [1.54, 1.807) is 12.4 Å². The molecule has 4 nitrogen and oxygen atoms in total. The first-order valence-electron chi connectivity index (χ1n) is 4.62. The van der Waals surface area contributed by atoms with Crippen molar-refractivity contribution in [1.82, 2.24) is 15.3 Å². The van der Waals surface area contributed by atoms with Gasteiger partial charge in [-0.05, 0) is 13.0 Å². The van der Waals surface area contributed by atoms with E-state index in [1.807, 2.05) is 6.07 Å². The van der Waals surface area contributed by atoms with E-state index in [2.05, 4.69) is 27.1 Å². The fourth-order valence-electron chi connectivity index (χ4n) is 1.58. The van der Waals surface area contributed by atoms with Gasteiger partial charge in [0, 0.05) is 38.1 Å². The summed E-state index contributed by atoms with van der Waals surface area (Å²) in [4.78, 5) is 10.7. The van der Waals surface area contributed by atoms with Gasteiger partial charge < -0.3 is 10.2 Å². The lowest BCUT2D eigenvalue weighted by Gasteiger charge is -2.33. The van der Waals surface area contributed by atoms with E-state index in [4.69, 9.17) is 0 Å². The molecule has 0 amide bonds. The Labute approximate surface area is 102 Å². The minimum absolute atomic E-state index is 0. The fourth-order valence-corrected chi connectivity index (χ4v) is 1.58. The number of halogens is 2. The molecule has 6 heteroatoms. The van der Waals surface area contributed by atoms with Crippen molar-refractivity contribution in [3.05, 3.63) is 18.5 Å². The lowest BCUT2D eigenvalue weighted by Crippen LogP contribution is -2.50. The van der Waals surface area contributed by atoms with Crippen molar-refractivity contribution in [3.63, 3.8) is 0 Å². The summed E-state index contributed by atoms with van der Waals surface area (Å²) in [6.45, 7) is 5.20. The number of aromatic nitrogens is 2. The van der Waals surface area contributed by atoms with Crippen LogP contribution in [0.2, 0.25) is 0 Å². The Morgan fingerprint density at radius 1 is 1.33 bits per heavy atom. The van der Waals surface area contributed by atoms with Crippen LogP contribution in [0.3, 0.4) is 0 Å². The lowest BCUT2D eigenvalue weighted by molar-refractivity contribution is 0.493. The summed E-state index contributed by atoms with van der Waals surface area (Å²) in [5.74, 6) is 0.844. The predicted molar refractivity (Wildman–Crippen MR) is 66.2 cm³/mol. The largest absolute Gasteiger partial charge is 0.336 e. The molecule has 2 heterocycles. The number of anilines is 1. The van der Waals surface area contributed by atoms with Gasteiger partial charge in [-0.25, -0.2) is 9.97 Å². The maximum Gasteiger partial charge on any atom is 0.225 e. The van der Waals surface area contributed by atoms with Gasteiger partial charge in [0.05, 0.1) is 0 Å². The van der Waals surface area contributed by atoms with Gasteiger partial charge in [0.25, 0.3) is 0 Å². The van der Waals surface area contributed by atoms with Gasteiger partial charge >= 0.3 is 0 Å². The first-order valence-corrected chi connectivity index (χ1v) is 4.62. The Morgan fingerprint density at radius 2 is 2.00 bits per heavy atom. The molecule has 1 aliphatic heterocycles. The second kappa shape index (κ2) is 6.82.